The number of nitrogens with zero attached hydrogens (tertiary/aromatic N) is 2. The predicted octanol–water partition coefficient (Wildman–Crippen LogP) is -0.380. The van der Waals surface area contributed by atoms with Gasteiger partial charge in [-0.25, -0.2) is 9.78 Å². The van der Waals surface area contributed by atoms with E-state index in [0.717, 1.165) is 4.90 Å². The Bertz CT molecular complexity index is 587. The molecule has 1 aromatic heterocycles. The summed E-state index contributed by atoms with van der Waals surface area (Å²) in [5.74, 6) is -1.13. The van der Waals surface area contributed by atoms with Crippen LogP contribution in [-0.4, -0.2) is 47.9 Å². The number of nitrogen functional groups attached to an aromatic ring is 1. The minimum Gasteiger partial charge on any atom is -0.465 e. The SMILES string of the molecule is COC(=O)c1cc(N)cnc1NC1CC(=O)N(C)C1=O. The van der Waals surface area contributed by atoms with E-state index in [1.54, 1.807) is 0 Å². The van der Waals surface area contributed by atoms with Gasteiger partial charge in [0.1, 0.15) is 17.4 Å². The molecule has 0 aliphatic carbocycles. The summed E-state index contributed by atoms with van der Waals surface area (Å²) in [5.41, 5.74) is 5.98. The van der Waals surface area contributed by atoms with Crippen LogP contribution in [0.3, 0.4) is 0 Å². The number of imide groups is 1. The van der Waals surface area contributed by atoms with Gasteiger partial charge in [-0.1, -0.05) is 0 Å². The Morgan fingerprint density at radius 2 is 2.25 bits per heavy atom. The highest BCUT2D eigenvalue weighted by molar-refractivity contribution is 6.07. The third-order valence-corrected chi connectivity index (χ3v) is 3.01. The van der Waals surface area contributed by atoms with Crippen molar-refractivity contribution in [2.24, 2.45) is 0 Å². The zero-order valence-electron chi connectivity index (χ0n) is 11.0. The summed E-state index contributed by atoms with van der Waals surface area (Å²) in [6, 6.07) is 0.651. The lowest BCUT2D eigenvalue weighted by Crippen LogP contribution is -2.32. The Kier molecular flexibility index (Phi) is 3.55. The van der Waals surface area contributed by atoms with Crippen molar-refractivity contribution in [2.45, 2.75) is 12.5 Å². The van der Waals surface area contributed by atoms with E-state index < -0.39 is 12.0 Å². The van der Waals surface area contributed by atoms with Crippen LogP contribution in [0.15, 0.2) is 12.3 Å². The van der Waals surface area contributed by atoms with E-state index in [4.69, 9.17) is 5.73 Å². The zero-order valence-corrected chi connectivity index (χ0v) is 11.0. The summed E-state index contributed by atoms with van der Waals surface area (Å²) in [6.45, 7) is 0. The first-order valence-corrected chi connectivity index (χ1v) is 5.84. The van der Waals surface area contributed by atoms with Crippen molar-refractivity contribution < 1.29 is 19.1 Å². The number of esters is 1. The summed E-state index contributed by atoms with van der Waals surface area (Å²) in [7, 11) is 2.64. The highest BCUT2D eigenvalue weighted by Crippen LogP contribution is 2.21. The second-order valence-corrected chi connectivity index (χ2v) is 4.35. The van der Waals surface area contributed by atoms with Crippen LogP contribution in [0, 0.1) is 0 Å². The number of pyridine rings is 1. The average molecular weight is 278 g/mol. The summed E-state index contributed by atoms with van der Waals surface area (Å²) in [6.07, 6.45) is 1.36. The first-order chi connectivity index (χ1) is 9.43. The number of rotatable bonds is 3. The van der Waals surface area contributed by atoms with Crippen LogP contribution in [0.25, 0.3) is 0 Å². The minimum absolute atomic E-state index is 0.0159. The molecule has 1 fully saturated rings. The van der Waals surface area contributed by atoms with E-state index in [0.29, 0.717) is 5.69 Å². The number of carbonyl (C=O) groups is 3. The van der Waals surface area contributed by atoms with E-state index in [1.807, 2.05) is 0 Å². The molecule has 106 valence electrons. The number of ether oxygens (including phenoxy) is 1. The number of carbonyl (C=O) groups excluding carboxylic acids is 3. The van der Waals surface area contributed by atoms with Gasteiger partial charge >= 0.3 is 5.97 Å². The van der Waals surface area contributed by atoms with Crippen LogP contribution in [0.2, 0.25) is 0 Å². The number of likely N-dealkylation sites (tertiary alicyclic amines) is 1. The van der Waals surface area contributed by atoms with E-state index in [-0.39, 0.29) is 29.6 Å². The molecule has 8 nitrogen and oxygen atoms in total. The molecule has 3 N–H and O–H groups in total. The van der Waals surface area contributed by atoms with Crippen LogP contribution < -0.4 is 11.1 Å². The van der Waals surface area contributed by atoms with Crippen molar-refractivity contribution in [2.75, 3.05) is 25.2 Å². The van der Waals surface area contributed by atoms with Crippen molar-refractivity contribution in [1.82, 2.24) is 9.88 Å². The fraction of sp³-hybridized carbons (Fsp3) is 0.333. The number of likely N-dealkylation sites (N-methyl/N-ethyl adjacent to an activating group) is 1. The van der Waals surface area contributed by atoms with Gasteiger partial charge in [0.25, 0.3) is 5.91 Å². The number of amides is 2. The van der Waals surface area contributed by atoms with Gasteiger partial charge in [-0.3, -0.25) is 14.5 Å². The highest BCUT2D eigenvalue weighted by Gasteiger charge is 2.36. The molecule has 0 saturated carbocycles. The largest absolute Gasteiger partial charge is 0.465 e. The van der Waals surface area contributed by atoms with Crippen molar-refractivity contribution in [3.05, 3.63) is 17.8 Å². The quantitative estimate of drug-likeness (QED) is 0.572. The molecule has 1 unspecified atom stereocenters. The fourth-order valence-corrected chi connectivity index (χ4v) is 1.89. The molecule has 1 saturated heterocycles. The predicted molar refractivity (Wildman–Crippen MR) is 69.8 cm³/mol. The molecule has 0 radical (unpaired) electrons. The lowest BCUT2D eigenvalue weighted by atomic mass is 10.2. The molecule has 20 heavy (non-hydrogen) atoms. The van der Waals surface area contributed by atoms with Gasteiger partial charge in [-0.15, -0.1) is 0 Å². The molecule has 1 aliphatic rings. The monoisotopic (exact) mass is 278 g/mol. The van der Waals surface area contributed by atoms with Gasteiger partial charge < -0.3 is 15.8 Å². The van der Waals surface area contributed by atoms with Crippen molar-refractivity contribution in [3.63, 3.8) is 0 Å². The highest BCUT2D eigenvalue weighted by atomic mass is 16.5. The molecule has 0 bridgehead atoms. The van der Waals surface area contributed by atoms with Crippen LogP contribution in [0.1, 0.15) is 16.8 Å². The van der Waals surface area contributed by atoms with E-state index in [1.165, 1.54) is 26.4 Å². The molecule has 0 spiro atoms. The third kappa shape index (κ3) is 2.40. The summed E-state index contributed by atoms with van der Waals surface area (Å²) < 4.78 is 4.63. The normalized spacial score (nSPS) is 18.3. The van der Waals surface area contributed by atoms with Crippen LogP contribution >= 0.6 is 0 Å². The zero-order chi connectivity index (χ0) is 14.9. The van der Waals surface area contributed by atoms with Gasteiger partial charge in [-0.05, 0) is 6.07 Å². The molecular weight excluding hydrogens is 264 g/mol. The van der Waals surface area contributed by atoms with Crippen molar-refractivity contribution in [3.8, 4) is 0 Å². The van der Waals surface area contributed by atoms with Gasteiger partial charge in [-0.2, -0.15) is 0 Å². The maximum atomic E-state index is 11.8. The lowest BCUT2D eigenvalue weighted by Gasteiger charge is -2.14. The Labute approximate surface area is 114 Å². The second kappa shape index (κ2) is 5.16. The number of nitrogens with two attached hydrogens (primary N) is 1. The maximum Gasteiger partial charge on any atom is 0.341 e. The van der Waals surface area contributed by atoms with Crippen LogP contribution in [0.4, 0.5) is 11.5 Å². The van der Waals surface area contributed by atoms with Crippen molar-refractivity contribution >= 4 is 29.3 Å². The molecule has 1 atom stereocenters. The average Bonchev–Trinajstić information content (AvgIpc) is 2.67. The van der Waals surface area contributed by atoms with E-state index in [9.17, 15) is 14.4 Å². The number of nitrogens with one attached hydrogen (secondary N) is 1. The molecule has 2 rings (SSSR count). The molecule has 2 amide bonds. The molecule has 1 aliphatic heterocycles. The van der Waals surface area contributed by atoms with Crippen LogP contribution in [-0.2, 0) is 14.3 Å². The first-order valence-electron chi connectivity index (χ1n) is 5.84. The van der Waals surface area contributed by atoms with Gasteiger partial charge in [0, 0.05) is 7.05 Å². The van der Waals surface area contributed by atoms with Gasteiger partial charge in [0.15, 0.2) is 0 Å². The maximum absolute atomic E-state index is 11.8. The van der Waals surface area contributed by atoms with Gasteiger partial charge in [0.05, 0.1) is 25.4 Å². The Hall–Kier alpha value is -2.64. The fourth-order valence-electron chi connectivity index (χ4n) is 1.89. The van der Waals surface area contributed by atoms with E-state index >= 15 is 0 Å². The number of hydrogen-bond donors (Lipinski definition) is 2. The standard InChI is InChI=1S/C12H14N4O4/c1-16-9(17)4-8(11(16)18)15-10-7(12(19)20-2)3-6(13)5-14-10/h3,5,8H,4,13H2,1-2H3,(H,14,15). The molecule has 8 heteroatoms. The number of anilines is 2. The molecular formula is C12H14N4O4. The summed E-state index contributed by atoms with van der Waals surface area (Å²) in [5, 5.41) is 2.78. The summed E-state index contributed by atoms with van der Waals surface area (Å²) in [4.78, 5) is 39.9. The van der Waals surface area contributed by atoms with Gasteiger partial charge in [0.2, 0.25) is 5.91 Å². The minimum atomic E-state index is -0.743. The number of aromatic nitrogens is 1. The smallest absolute Gasteiger partial charge is 0.341 e. The topological polar surface area (TPSA) is 115 Å². The number of hydrogen-bond acceptors (Lipinski definition) is 7. The molecule has 1 aromatic rings. The molecule has 0 aromatic carbocycles. The Morgan fingerprint density at radius 1 is 1.55 bits per heavy atom. The Morgan fingerprint density at radius 3 is 2.80 bits per heavy atom. The third-order valence-electron chi connectivity index (χ3n) is 3.01. The Balaban J connectivity index is 2.28. The lowest BCUT2D eigenvalue weighted by molar-refractivity contribution is -0.136. The van der Waals surface area contributed by atoms with Crippen molar-refractivity contribution in [1.29, 1.82) is 0 Å². The second-order valence-electron chi connectivity index (χ2n) is 4.35. The number of methoxy groups -OCH3 is 1. The molecule has 2 heterocycles. The first kappa shape index (κ1) is 13.8. The van der Waals surface area contributed by atoms with Crippen LogP contribution in [0.5, 0.6) is 0 Å². The van der Waals surface area contributed by atoms with E-state index in [2.05, 4.69) is 15.0 Å². The summed E-state index contributed by atoms with van der Waals surface area (Å²) >= 11 is 0.